The van der Waals surface area contributed by atoms with Crippen LogP contribution in [0.2, 0.25) is 5.02 Å². The molecule has 0 heterocycles. The number of amides is 2. The Bertz CT molecular complexity index is 891. The van der Waals surface area contributed by atoms with Crippen LogP contribution < -0.4 is 5.32 Å². The van der Waals surface area contributed by atoms with Gasteiger partial charge in [0.25, 0.3) is 0 Å². The van der Waals surface area contributed by atoms with Crippen molar-refractivity contribution in [2.75, 3.05) is 0 Å². The average Bonchev–Trinajstić information content (AvgIpc) is 3.32. The van der Waals surface area contributed by atoms with Crippen LogP contribution in [0.3, 0.4) is 0 Å². The molecule has 32 heavy (non-hydrogen) atoms. The second-order valence-corrected chi connectivity index (χ2v) is 9.10. The van der Waals surface area contributed by atoms with E-state index in [0.29, 0.717) is 30.8 Å². The van der Waals surface area contributed by atoms with Crippen LogP contribution >= 0.6 is 11.6 Å². The smallest absolute Gasteiger partial charge is 0.243 e. The lowest BCUT2D eigenvalue weighted by Crippen LogP contribution is -2.51. The van der Waals surface area contributed by atoms with Crippen molar-refractivity contribution in [2.24, 2.45) is 0 Å². The number of halogens is 1. The van der Waals surface area contributed by atoms with Crippen LogP contribution in [0.1, 0.15) is 69.1 Å². The largest absolute Gasteiger partial charge is 0.352 e. The third-order valence-electron chi connectivity index (χ3n) is 6.44. The summed E-state index contributed by atoms with van der Waals surface area (Å²) in [6.45, 7) is 4.44. The molecule has 4 nitrogen and oxygen atoms in total. The zero-order valence-corrected chi connectivity index (χ0v) is 20.0. The highest BCUT2D eigenvalue weighted by atomic mass is 35.5. The van der Waals surface area contributed by atoms with Gasteiger partial charge < -0.3 is 10.2 Å². The van der Waals surface area contributed by atoms with Gasteiger partial charge in [-0.25, -0.2) is 0 Å². The fourth-order valence-corrected chi connectivity index (χ4v) is 4.63. The number of aryl methyl sites for hydroxylation is 2. The molecule has 3 rings (SSSR count). The van der Waals surface area contributed by atoms with Gasteiger partial charge in [-0.05, 0) is 54.9 Å². The highest BCUT2D eigenvalue weighted by Crippen LogP contribution is 2.22. The van der Waals surface area contributed by atoms with E-state index < -0.39 is 6.04 Å². The SMILES string of the molecule is CCc1ccc(CCC(=O)N(Cc2ccccc2Cl)C(CC)C(=O)NC2CCCC2)cc1. The van der Waals surface area contributed by atoms with Gasteiger partial charge in [-0.2, -0.15) is 0 Å². The zero-order valence-electron chi connectivity index (χ0n) is 19.3. The van der Waals surface area contributed by atoms with Crippen molar-refractivity contribution in [3.8, 4) is 0 Å². The van der Waals surface area contributed by atoms with E-state index in [0.717, 1.165) is 43.2 Å². The average molecular weight is 455 g/mol. The van der Waals surface area contributed by atoms with Gasteiger partial charge in [0, 0.05) is 24.0 Å². The molecule has 1 unspecified atom stereocenters. The molecule has 1 atom stereocenters. The standard InChI is InChI=1S/C27H35ClN2O2/c1-3-20-13-15-21(16-14-20)17-18-26(31)30(19-22-9-5-8-12-24(22)28)25(4-2)27(32)29-23-10-6-7-11-23/h5,8-9,12-16,23,25H,3-4,6-7,10-11,17-19H2,1-2H3,(H,29,32). The number of hydrogen-bond donors (Lipinski definition) is 1. The normalized spacial score (nSPS) is 14.8. The molecule has 2 aromatic carbocycles. The fraction of sp³-hybridized carbons (Fsp3) is 0.481. The van der Waals surface area contributed by atoms with Gasteiger partial charge in [0.05, 0.1) is 0 Å². The van der Waals surface area contributed by atoms with Gasteiger partial charge in [0.2, 0.25) is 11.8 Å². The Morgan fingerprint density at radius 3 is 2.31 bits per heavy atom. The van der Waals surface area contributed by atoms with Gasteiger partial charge in [0.15, 0.2) is 0 Å². The summed E-state index contributed by atoms with van der Waals surface area (Å²) in [6.07, 6.45) is 6.94. The summed E-state index contributed by atoms with van der Waals surface area (Å²) < 4.78 is 0. The van der Waals surface area contributed by atoms with Gasteiger partial charge in [-0.1, -0.05) is 80.8 Å². The zero-order chi connectivity index (χ0) is 22.9. The lowest BCUT2D eigenvalue weighted by molar-refractivity contribution is -0.141. The van der Waals surface area contributed by atoms with Crippen LogP contribution in [0.4, 0.5) is 0 Å². The Hall–Kier alpha value is -2.33. The molecule has 0 saturated heterocycles. The van der Waals surface area contributed by atoms with Gasteiger partial charge >= 0.3 is 0 Å². The topological polar surface area (TPSA) is 49.4 Å². The van der Waals surface area contributed by atoms with Crippen LogP contribution in [-0.4, -0.2) is 28.8 Å². The molecule has 0 aromatic heterocycles. The van der Waals surface area contributed by atoms with E-state index in [1.54, 1.807) is 4.90 Å². The number of nitrogens with one attached hydrogen (secondary N) is 1. The minimum absolute atomic E-state index is 0.0158. The molecule has 1 aliphatic carbocycles. The van der Waals surface area contributed by atoms with E-state index in [9.17, 15) is 9.59 Å². The minimum Gasteiger partial charge on any atom is -0.352 e. The first-order chi connectivity index (χ1) is 15.5. The lowest BCUT2D eigenvalue weighted by atomic mass is 10.0. The van der Waals surface area contributed by atoms with Crippen molar-refractivity contribution < 1.29 is 9.59 Å². The summed E-state index contributed by atoms with van der Waals surface area (Å²) in [5.41, 5.74) is 3.29. The van der Waals surface area contributed by atoms with Crippen molar-refractivity contribution in [3.05, 3.63) is 70.2 Å². The van der Waals surface area contributed by atoms with Crippen LogP contribution in [-0.2, 0) is 29.0 Å². The van der Waals surface area contributed by atoms with E-state index >= 15 is 0 Å². The summed E-state index contributed by atoms with van der Waals surface area (Å²) in [4.78, 5) is 28.3. The van der Waals surface area contributed by atoms with Crippen molar-refractivity contribution in [1.82, 2.24) is 10.2 Å². The predicted molar refractivity (Wildman–Crippen MR) is 131 cm³/mol. The Morgan fingerprint density at radius 2 is 1.69 bits per heavy atom. The van der Waals surface area contributed by atoms with E-state index in [1.807, 2.05) is 31.2 Å². The molecule has 1 N–H and O–H groups in total. The molecule has 1 saturated carbocycles. The van der Waals surface area contributed by atoms with E-state index in [1.165, 1.54) is 5.56 Å². The molecule has 0 spiro atoms. The quantitative estimate of drug-likeness (QED) is 0.500. The molecule has 1 aliphatic rings. The van der Waals surface area contributed by atoms with Gasteiger partial charge in [0.1, 0.15) is 6.04 Å². The minimum atomic E-state index is -0.498. The molecule has 2 aromatic rings. The number of rotatable bonds is 10. The van der Waals surface area contributed by atoms with Crippen LogP contribution in [0.5, 0.6) is 0 Å². The Labute approximate surface area is 197 Å². The molecule has 0 radical (unpaired) electrons. The molecule has 172 valence electrons. The molecule has 0 bridgehead atoms. The monoisotopic (exact) mass is 454 g/mol. The third-order valence-corrected chi connectivity index (χ3v) is 6.81. The number of carbonyl (C=O) groups excluding carboxylic acids is 2. The second kappa shape index (κ2) is 12.1. The van der Waals surface area contributed by atoms with Crippen molar-refractivity contribution in [3.63, 3.8) is 0 Å². The van der Waals surface area contributed by atoms with Crippen LogP contribution in [0.15, 0.2) is 48.5 Å². The molecular formula is C27H35ClN2O2. The van der Waals surface area contributed by atoms with Crippen molar-refractivity contribution in [2.45, 2.75) is 83.8 Å². The van der Waals surface area contributed by atoms with Crippen LogP contribution in [0.25, 0.3) is 0 Å². The van der Waals surface area contributed by atoms with E-state index in [4.69, 9.17) is 11.6 Å². The molecule has 0 aliphatic heterocycles. The lowest BCUT2D eigenvalue weighted by Gasteiger charge is -2.32. The molecule has 2 amide bonds. The summed E-state index contributed by atoms with van der Waals surface area (Å²) >= 11 is 6.40. The molecular weight excluding hydrogens is 420 g/mol. The van der Waals surface area contributed by atoms with E-state index in [2.05, 4.69) is 36.5 Å². The van der Waals surface area contributed by atoms with Crippen LogP contribution in [0, 0.1) is 0 Å². The second-order valence-electron chi connectivity index (χ2n) is 8.70. The van der Waals surface area contributed by atoms with Crippen molar-refractivity contribution >= 4 is 23.4 Å². The summed E-state index contributed by atoms with van der Waals surface area (Å²) in [7, 11) is 0. The maximum atomic E-state index is 13.4. The predicted octanol–water partition coefficient (Wildman–Crippen LogP) is 5.70. The number of carbonyl (C=O) groups is 2. The van der Waals surface area contributed by atoms with Gasteiger partial charge in [-0.3, -0.25) is 9.59 Å². The number of benzene rings is 2. The summed E-state index contributed by atoms with van der Waals surface area (Å²) in [5.74, 6) is -0.0648. The Morgan fingerprint density at radius 1 is 1.03 bits per heavy atom. The maximum Gasteiger partial charge on any atom is 0.243 e. The summed E-state index contributed by atoms with van der Waals surface area (Å²) in [6, 6.07) is 15.7. The highest BCUT2D eigenvalue weighted by Gasteiger charge is 2.30. The third kappa shape index (κ3) is 6.59. The Kier molecular flexibility index (Phi) is 9.16. The fourth-order valence-electron chi connectivity index (χ4n) is 4.43. The Balaban J connectivity index is 1.75. The number of hydrogen-bond acceptors (Lipinski definition) is 2. The summed E-state index contributed by atoms with van der Waals surface area (Å²) in [5, 5.41) is 3.80. The first kappa shape index (κ1) is 24.3. The first-order valence-corrected chi connectivity index (χ1v) is 12.3. The van der Waals surface area contributed by atoms with Gasteiger partial charge in [-0.15, -0.1) is 0 Å². The first-order valence-electron chi connectivity index (χ1n) is 11.9. The van der Waals surface area contributed by atoms with Crippen molar-refractivity contribution in [1.29, 1.82) is 0 Å². The number of nitrogens with zero attached hydrogens (tertiary/aromatic N) is 1. The molecule has 5 heteroatoms. The van der Waals surface area contributed by atoms with E-state index in [-0.39, 0.29) is 17.9 Å². The molecule has 1 fully saturated rings. The maximum absolute atomic E-state index is 13.4. The highest BCUT2D eigenvalue weighted by molar-refractivity contribution is 6.31.